The molecule has 2 rings (SSSR count). The van der Waals surface area contributed by atoms with Crippen molar-refractivity contribution in [3.8, 4) is 5.75 Å². The number of methoxy groups -OCH3 is 1. The number of nitrogens with one attached hydrogen (secondary N) is 1. The van der Waals surface area contributed by atoms with Crippen molar-refractivity contribution < 1.29 is 9.53 Å². The third kappa shape index (κ3) is 3.53. The first kappa shape index (κ1) is 15.4. The van der Waals surface area contributed by atoms with Crippen molar-refractivity contribution in [2.45, 2.75) is 0 Å². The molecule has 0 fully saturated rings. The van der Waals surface area contributed by atoms with Gasteiger partial charge in [0, 0.05) is 20.7 Å². The first-order valence-electron chi connectivity index (χ1n) is 5.61. The number of hydrogen-bond acceptors (Lipinski definition) is 2. The third-order valence-electron chi connectivity index (χ3n) is 2.56. The lowest BCUT2D eigenvalue weighted by Crippen LogP contribution is -2.12. The summed E-state index contributed by atoms with van der Waals surface area (Å²) in [5.41, 5.74) is 1.03. The van der Waals surface area contributed by atoms with E-state index in [0.717, 1.165) is 4.47 Å². The van der Waals surface area contributed by atoms with E-state index in [0.29, 0.717) is 26.5 Å². The Morgan fingerprint density at radius 1 is 1.25 bits per heavy atom. The SMILES string of the molecule is COc1cc(Br)cc(NC(=O)c2cccc(Br)c2Cl)c1. The number of carbonyl (C=O) groups is 1. The van der Waals surface area contributed by atoms with Gasteiger partial charge < -0.3 is 10.1 Å². The fourth-order valence-electron chi connectivity index (χ4n) is 1.63. The molecule has 0 saturated heterocycles. The van der Waals surface area contributed by atoms with Crippen LogP contribution in [0.1, 0.15) is 10.4 Å². The smallest absolute Gasteiger partial charge is 0.257 e. The van der Waals surface area contributed by atoms with Crippen molar-refractivity contribution in [2.75, 3.05) is 12.4 Å². The van der Waals surface area contributed by atoms with E-state index in [1.54, 1.807) is 37.4 Å². The van der Waals surface area contributed by atoms with Crippen LogP contribution in [0, 0.1) is 0 Å². The van der Waals surface area contributed by atoms with Gasteiger partial charge in [0.1, 0.15) is 5.75 Å². The van der Waals surface area contributed by atoms with Crippen LogP contribution in [0.3, 0.4) is 0 Å². The molecule has 104 valence electrons. The summed E-state index contributed by atoms with van der Waals surface area (Å²) in [6.07, 6.45) is 0. The van der Waals surface area contributed by atoms with Gasteiger partial charge in [-0.1, -0.05) is 33.6 Å². The Kier molecular flexibility index (Phi) is 5.07. The molecule has 0 aliphatic rings. The lowest BCUT2D eigenvalue weighted by molar-refractivity contribution is 0.102. The summed E-state index contributed by atoms with van der Waals surface area (Å²) in [6.45, 7) is 0. The fourth-order valence-corrected chi connectivity index (χ4v) is 2.68. The highest BCUT2D eigenvalue weighted by Crippen LogP contribution is 2.28. The molecular formula is C14H10Br2ClNO2. The van der Waals surface area contributed by atoms with Crippen LogP contribution in [0.25, 0.3) is 0 Å². The standard InChI is InChI=1S/C14H10Br2ClNO2/c1-20-10-6-8(15)5-9(7-10)18-14(19)11-3-2-4-12(16)13(11)17/h2-7H,1H3,(H,18,19). The Balaban J connectivity index is 2.28. The topological polar surface area (TPSA) is 38.3 Å². The fraction of sp³-hybridized carbons (Fsp3) is 0.0714. The van der Waals surface area contributed by atoms with Crippen molar-refractivity contribution in [3.63, 3.8) is 0 Å². The molecule has 0 radical (unpaired) electrons. The zero-order valence-corrected chi connectivity index (χ0v) is 14.3. The molecule has 0 bridgehead atoms. The number of anilines is 1. The van der Waals surface area contributed by atoms with Gasteiger partial charge >= 0.3 is 0 Å². The van der Waals surface area contributed by atoms with E-state index in [9.17, 15) is 4.79 Å². The van der Waals surface area contributed by atoms with E-state index in [-0.39, 0.29) is 5.91 Å². The predicted octanol–water partition coefficient (Wildman–Crippen LogP) is 5.13. The second-order valence-electron chi connectivity index (χ2n) is 3.94. The quantitative estimate of drug-likeness (QED) is 0.749. The number of carbonyl (C=O) groups excluding carboxylic acids is 1. The average molecular weight is 420 g/mol. The van der Waals surface area contributed by atoms with Crippen LogP contribution in [0.5, 0.6) is 5.75 Å². The molecule has 2 aromatic rings. The Morgan fingerprint density at radius 2 is 2.00 bits per heavy atom. The molecule has 1 N–H and O–H groups in total. The van der Waals surface area contributed by atoms with Gasteiger partial charge in [0.15, 0.2) is 0 Å². The molecular weight excluding hydrogens is 409 g/mol. The molecule has 3 nitrogen and oxygen atoms in total. The van der Waals surface area contributed by atoms with E-state index in [1.165, 1.54) is 0 Å². The molecule has 0 aliphatic heterocycles. The second-order valence-corrected chi connectivity index (χ2v) is 6.08. The second kappa shape index (κ2) is 6.61. The largest absolute Gasteiger partial charge is 0.497 e. The Hall–Kier alpha value is -1.04. The van der Waals surface area contributed by atoms with Crippen molar-refractivity contribution in [2.24, 2.45) is 0 Å². The zero-order chi connectivity index (χ0) is 14.7. The maximum Gasteiger partial charge on any atom is 0.257 e. The van der Waals surface area contributed by atoms with E-state index in [1.807, 2.05) is 6.07 Å². The Labute approximate surface area is 138 Å². The number of halogens is 3. The molecule has 6 heteroatoms. The molecule has 20 heavy (non-hydrogen) atoms. The van der Waals surface area contributed by atoms with Crippen LogP contribution in [0.15, 0.2) is 45.3 Å². The van der Waals surface area contributed by atoms with Crippen LogP contribution in [0.4, 0.5) is 5.69 Å². The molecule has 0 spiro atoms. The number of ether oxygens (including phenoxy) is 1. The minimum atomic E-state index is -0.281. The number of rotatable bonds is 3. The summed E-state index contributed by atoms with van der Waals surface area (Å²) in [5, 5.41) is 3.17. The van der Waals surface area contributed by atoms with E-state index in [4.69, 9.17) is 16.3 Å². The predicted molar refractivity (Wildman–Crippen MR) is 87.8 cm³/mol. The highest BCUT2D eigenvalue weighted by atomic mass is 79.9. The molecule has 0 aliphatic carbocycles. The molecule has 0 heterocycles. The molecule has 0 atom stereocenters. The lowest BCUT2D eigenvalue weighted by atomic mass is 10.2. The van der Waals surface area contributed by atoms with Gasteiger partial charge in [-0.3, -0.25) is 4.79 Å². The zero-order valence-electron chi connectivity index (χ0n) is 10.4. The van der Waals surface area contributed by atoms with Crippen LogP contribution in [-0.2, 0) is 0 Å². The van der Waals surface area contributed by atoms with Gasteiger partial charge in [0.05, 0.1) is 17.7 Å². The van der Waals surface area contributed by atoms with E-state index in [2.05, 4.69) is 37.2 Å². The summed E-state index contributed by atoms with van der Waals surface area (Å²) in [5.74, 6) is 0.367. The van der Waals surface area contributed by atoms with Gasteiger partial charge in [0.2, 0.25) is 0 Å². The highest BCUT2D eigenvalue weighted by molar-refractivity contribution is 9.10. The minimum absolute atomic E-state index is 0.281. The summed E-state index contributed by atoms with van der Waals surface area (Å²) < 4.78 is 6.64. The lowest BCUT2D eigenvalue weighted by Gasteiger charge is -2.09. The van der Waals surface area contributed by atoms with Crippen LogP contribution in [0.2, 0.25) is 5.02 Å². The average Bonchev–Trinajstić information content (AvgIpc) is 2.41. The first-order valence-corrected chi connectivity index (χ1v) is 7.57. The first-order chi connectivity index (χ1) is 9.51. The normalized spacial score (nSPS) is 10.2. The molecule has 0 saturated carbocycles. The van der Waals surface area contributed by atoms with Crippen LogP contribution in [-0.4, -0.2) is 13.0 Å². The monoisotopic (exact) mass is 417 g/mol. The van der Waals surface area contributed by atoms with Crippen molar-refractivity contribution in [1.29, 1.82) is 0 Å². The van der Waals surface area contributed by atoms with Crippen LogP contribution >= 0.6 is 43.5 Å². The highest BCUT2D eigenvalue weighted by Gasteiger charge is 2.13. The third-order valence-corrected chi connectivity index (χ3v) is 4.32. The number of benzene rings is 2. The van der Waals surface area contributed by atoms with Crippen LogP contribution < -0.4 is 10.1 Å². The van der Waals surface area contributed by atoms with Gasteiger partial charge in [0.25, 0.3) is 5.91 Å². The van der Waals surface area contributed by atoms with Crippen molar-refractivity contribution in [3.05, 3.63) is 55.9 Å². The summed E-state index contributed by atoms with van der Waals surface area (Å²) in [4.78, 5) is 12.2. The van der Waals surface area contributed by atoms with Crippen molar-refractivity contribution >= 4 is 55.1 Å². The van der Waals surface area contributed by atoms with Crippen molar-refractivity contribution in [1.82, 2.24) is 0 Å². The van der Waals surface area contributed by atoms with E-state index >= 15 is 0 Å². The Morgan fingerprint density at radius 3 is 2.70 bits per heavy atom. The number of amides is 1. The molecule has 2 aromatic carbocycles. The summed E-state index contributed by atoms with van der Waals surface area (Å²) in [6, 6.07) is 10.5. The summed E-state index contributed by atoms with van der Waals surface area (Å²) in [7, 11) is 1.57. The molecule has 0 unspecified atom stereocenters. The molecule has 0 aromatic heterocycles. The van der Waals surface area contributed by atoms with Gasteiger partial charge in [-0.15, -0.1) is 0 Å². The van der Waals surface area contributed by atoms with Gasteiger partial charge in [-0.05, 0) is 40.2 Å². The van der Waals surface area contributed by atoms with Gasteiger partial charge in [-0.2, -0.15) is 0 Å². The number of hydrogen-bond donors (Lipinski definition) is 1. The van der Waals surface area contributed by atoms with Gasteiger partial charge in [-0.25, -0.2) is 0 Å². The summed E-state index contributed by atoms with van der Waals surface area (Å²) >= 11 is 12.8. The molecule has 1 amide bonds. The van der Waals surface area contributed by atoms with E-state index < -0.39 is 0 Å². The Bertz CT molecular complexity index is 662. The maximum absolute atomic E-state index is 12.2. The maximum atomic E-state index is 12.2. The minimum Gasteiger partial charge on any atom is -0.497 e.